The summed E-state index contributed by atoms with van der Waals surface area (Å²) in [5, 5.41) is 22.9. The fourth-order valence-corrected chi connectivity index (χ4v) is 5.38. The number of aromatic nitrogens is 3. The van der Waals surface area contributed by atoms with Crippen molar-refractivity contribution in [2.24, 2.45) is 0 Å². The van der Waals surface area contributed by atoms with Crippen molar-refractivity contribution in [1.29, 1.82) is 0 Å². The first kappa shape index (κ1) is 25.3. The van der Waals surface area contributed by atoms with Crippen LogP contribution >= 0.6 is 22.7 Å². The first-order chi connectivity index (χ1) is 16.7. The number of piperazine rings is 1. The molecule has 0 radical (unpaired) electrons. The van der Waals surface area contributed by atoms with Gasteiger partial charge in [0.15, 0.2) is 5.82 Å². The Morgan fingerprint density at radius 3 is 2.34 bits per heavy atom. The molecule has 14 heteroatoms. The zero-order chi connectivity index (χ0) is 25.0. The smallest absolute Gasteiger partial charge is 0.475 e. The minimum absolute atomic E-state index is 0.146. The third kappa shape index (κ3) is 6.25. The molecule has 1 fully saturated rings. The Bertz CT molecular complexity index is 1130. The molecule has 0 spiro atoms. The summed E-state index contributed by atoms with van der Waals surface area (Å²) in [5.74, 6) is -1.55. The highest BCUT2D eigenvalue weighted by Crippen LogP contribution is 2.29. The summed E-state index contributed by atoms with van der Waals surface area (Å²) in [7, 11) is 0. The van der Waals surface area contributed by atoms with Gasteiger partial charge in [0, 0.05) is 49.0 Å². The molecule has 1 unspecified atom stereocenters. The molecule has 2 aliphatic rings. The molecular formula is C21H23F3N6O3S2. The third-order valence-corrected chi connectivity index (χ3v) is 7.41. The summed E-state index contributed by atoms with van der Waals surface area (Å²) in [6, 6.07) is 8.51. The molecule has 35 heavy (non-hydrogen) atoms. The molecule has 0 aliphatic carbocycles. The van der Waals surface area contributed by atoms with E-state index in [1.807, 2.05) is 22.1 Å². The van der Waals surface area contributed by atoms with E-state index in [9.17, 15) is 18.0 Å². The number of carbonyl (C=O) groups excluding carboxylic acids is 1. The standard InChI is InChI=1S/C19H22N6OS2.C2HF3O2/c26-19(20-11-14-3-1-9-27-14)18-22-21-17-16-13-23(12-15-4-2-10-28-15)5-6-24(16)7-8-25(17)18;3-2(4,5)1(6)7/h1-4,9-10,16H,5-8,11-13H2,(H,20,26);(H,6,7). The van der Waals surface area contributed by atoms with Crippen LogP contribution in [0, 0.1) is 0 Å². The second-order valence-corrected chi connectivity index (χ2v) is 10.0. The summed E-state index contributed by atoms with van der Waals surface area (Å²) in [6.45, 7) is 6.23. The van der Waals surface area contributed by atoms with Crippen LogP contribution in [0.3, 0.4) is 0 Å². The Morgan fingerprint density at radius 2 is 1.71 bits per heavy atom. The van der Waals surface area contributed by atoms with Crippen LogP contribution in [0.25, 0.3) is 0 Å². The van der Waals surface area contributed by atoms with E-state index in [0.717, 1.165) is 50.0 Å². The van der Waals surface area contributed by atoms with E-state index in [1.54, 1.807) is 22.7 Å². The van der Waals surface area contributed by atoms with Crippen molar-refractivity contribution in [2.45, 2.75) is 31.9 Å². The number of rotatable bonds is 5. The number of nitrogens with zero attached hydrogens (tertiary/aromatic N) is 5. The second-order valence-electron chi connectivity index (χ2n) is 7.96. The van der Waals surface area contributed by atoms with Crippen molar-refractivity contribution in [3.05, 3.63) is 56.4 Å². The summed E-state index contributed by atoms with van der Waals surface area (Å²) in [6.07, 6.45) is -5.08. The van der Waals surface area contributed by atoms with E-state index in [-0.39, 0.29) is 11.9 Å². The molecule has 1 amide bonds. The van der Waals surface area contributed by atoms with Crippen molar-refractivity contribution >= 4 is 34.6 Å². The molecule has 0 saturated carbocycles. The van der Waals surface area contributed by atoms with Crippen molar-refractivity contribution in [3.63, 3.8) is 0 Å². The quantitative estimate of drug-likeness (QED) is 0.525. The molecule has 0 aromatic carbocycles. The lowest BCUT2D eigenvalue weighted by atomic mass is 10.1. The Hall–Kier alpha value is -2.81. The van der Waals surface area contributed by atoms with Gasteiger partial charge in [-0.2, -0.15) is 13.2 Å². The zero-order valence-electron chi connectivity index (χ0n) is 18.4. The Morgan fingerprint density at radius 1 is 1.06 bits per heavy atom. The second kappa shape index (κ2) is 10.8. The van der Waals surface area contributed by atoms with Crippen LogP contribution in [-0.2, 0) is 24.4 Å². The van der Waals surface area contributed by atoms with Gasteiger partial charge >= 0.3 is 12.1 Å². The number of carboxylic acids is 1. The van der Waals surface area contributed by atoms with Crippen molar-refractivity contribution in [3.8, 4) is 0 Å². The number of halogens is 3. The first-order valence-corrected chi connectivity index (χ1v) is 12.5. The Kier molecular flexibility index (Phi) is 7.84. The third-order valence-electron chi connectivity index (χ3n) is 5.67. The molecule has 9 nitrogen and oxygen atoms in total. The van der Waals surface area contributed by atoms with Crippen molar-refractivity contribution in [1.82, 2.24) is 29.9 Å². The topological polar surface area (TPSA) is 104 Å². The van der Waals surface area contributed by atoms with Gasteiger partial charge in [-0.15, -0.1) is 32.9 Å². The minimum atomic E-state index is -5.08. The number of thiophene rings is 2. The number of fused-ring (bicyclic) bond motifs is 3. The Balaban J connectivity index is 0.000000364. The van der Waals surface area contributed by atoms with Crippen molar-refractivity contribution in [2.75, 3.05) is 26.2 Å². The summed E-state index contributed by atoms with van der Waals surface area (Å²) >= 11 is 3.44. The van der Waals surface area contributed by atoms with Gasteiger partial charge in [-0.25, -0.2) is 4.79 Å². The predicted octanol–water partition coefficient (Wildman–Crippen LogP) is 2.84. The van der Waals surface area contributed by atoms with Crippen LogP contribution < -0.4 is 5.32 Å². The Labute approximate surface area is 206 Å². The number of amides is 1. The fraction of sp³-hybridized carbons (Fsp3) is 0.429. The number of hydrogen-bond acceptors (Lipinski definition) is 8. The SMILES string of the molecule is O=C(NCc1cccs1)c1nnc2n1CCN1CCN(Cc3cccs3)CC21.O=C(O)C(F)(F)F. The summed E-state index contributed by atoms with van der Waals surface area (Å²) in [5.41, 5.74) is 0. The molecule has 2 aliphatic heterocycles. The lowest BCUT2D eigenvalue weighted by Crippen LogP contribution is -2.52. The highest BCUT2D eigenvalue weighted by atomic mass is 32.1. The normalized spacial score (nSPS) is 18.2. The van der Waals surface area contributed by atoms with Gasteiger partial charge in [0.25, 0.3) is 5.91 Å². The van der Waals surface area contributed by atoms with Gasteiger partial charge in [0.2, 0.25) is 5.82 Å². The van der Waals surface area contributed by atoms with Gasteiger partial charge in [0.1, 0.15) is 0 Å². The molecule has 1 saturated heterocycles. The van der Waals surface area contributed by atoms with Crippen molar-refractivity contribution < 1.29 is 27.9 Å². The number of carbonyl (C=O) groups is 2. The van der Waals surface area contributed by atoms with Gasteiger partial charge in [-0.05, 0) is 22.9 Å². The van der Waals surface area contributed by atoms with Gasteiger partial charge in [-0.3, -0.25) is 14.6 Å². The number of alkyl halides is 3. The maximum Gasteiger partial charge on any atom is 0.490 e. The van der Waals surface area contributed by atoms with Crippen LogP contribution in [0.2, 0.25) is 0 Å². The molecule has 0 bridgehead atoms. The highest BCUT2D eigenvalue weighted by Gasteiger charge is 2.38. The van der Waals surface area contributed by atoms with E-state index in [2.05, 4.69) is 42.8 Å². The van der Waals surface area contributed by atoms with E-state index < -0.39 is 12.1 Å². The predicted molar refractivity (Wildman–Crippen MR) is 123 cm³/mol. The lowest BCUT2D eigenvalue weighted by Gasteiger charge is -2.43. The molecule has 1 atom stereocenters. The van der Waals surface area contributed by atoms with E-state index >= 15 is 0 Å². The summed E-state index contributed by atoms with van der Waals surface area (Å²) in [4.78, 5) is 29.0. The lowest BCUT2D eigenvalue weighted by molar-refractivity contribution is -0.192. The van der Waals surface area contributed by atoms with E-state index in [1.165, 1.54) is 4.88 Å². The van der Waals surface area contributed by atoms with Crippen LogP contribution in [0.15, 0.2) is 35.0 Å². The number of hydrogen-bond donors (Lipinski definition) is 2. The monoisotopic (exact) mass is 528 g/mol. The summed E-state index contributed by atoms with van der Waals surface area (Å²) < 4.78 is 33.7. The zero-order valence-corrected chi connectivity index (χ0v) is 20.1. The molecule has 5 rings (SSSR count). The molecule has 188 valence electrons. The van der Waals surface area contributed by atoms with Crippen LogP contribution in [0.5, 0.6) is 0 Å². The van der Waals surface area contributed by atoms with Crippen LogP contribution in [0.4, 0.5) is 13.2 Å². The van der Waals surface area contributed by atoms with Gasteiger partial charge < -0.3 is 15.0 Å². The number of nitrogens with one attached hydrogen (secondary N) is 1. The van der Waals surface area contributed by atoms with Gasteiger partial charge in [0.05, 0.1) is 12.6 Å². The number of carboxylic acid groups (broad SMARTS) is 1. The molecule has 5 heterocycles. The maximum atomic E-state index is 12.7. The van der Waals surface area contributed by atoms with Crippen LogP contribution in [0.1, 0.15) is 32.2 Å². The average Bonchev–Trinajstić information content (AvgIpc) is 3.59. The average molecular weight is 529 g/mol. The maximum absolute atomic E-state index is 12.7. The largest absolute Gasteiger partial charge is 0.490 e. The van der Waals surface area contributed by atoms with Crippen LogP contribution in [-0.4, -0.2) is 73.9 Å². The molecule has 2 N–H and O–H groups in total. The minimum Gasteiger partial charge on any atom is -0.475 e. The first-order valence-electron chi connectivity index (χ1n) is 10.7. The molecular weight excluding hydrogens is 505 g/mol. The molecule has 3 aromatic rings. The van der Waals surface area contributed by atoms with Gasteiger partial charge in [-0.1, -0.05) is 12.1 Å². The number of aliphatic carboxylic acids is 1. The fourth-order valence-electron chi connectivity index (χ4n) is 3.99. The molecule has 3 aromatic heterocycles. The van der Waals surface area contributed by atoms with E-state index in [0.29, 0.717) is 12.4 Å². The van der Waals surface area contributed by atoms with E-state index in [4.69, 9.17) is 9.90 Å². The highest BCUT2D eigenvalue weighted by molar-refractivity contribution is 7.10.